The predicted molar refractivity (Wildman–Crippen MR) is 74.5 cm³/mol. The van der Waals surface area contributed by atoms with Gasteiger partial charge in [0.15, 0.2) is 0 Å². The molecule has 0 fully saturated rings. The lowest BCUT2D eigenvalue weighted by molar-refractivity contribution is -0.385. The van der Waals surface area contributed by atoms with E-state index in [1.165, 1.54) is 12.3 Å². The van der Waals surface area contributed by atoms with Gasteiger partial charge in [0.25, 0.3) is 5.69 Å². The van der Waals surface area contributed by atoms with Crippen LogP contribution in [-0.4, -0.2) is 19.7 Å². The molecule has 2 heterocycles. The van der Waals surface area contributed by atoms with E-state index in [2.05, 4.69) is 31.3 Å². The highest BCUT2D eigenvalue weighted by Gasteiger charge is 2.13. The first-order valence-corrected chi connectivity index (χ1v) is 6.40. The molecule has 0 saturated carbocycles. The van der Waals surface area contributed by atoms with Gasteiger partial charge in [0.1, 0.15) is 12.0 Å². The van der Waals surface area contributed by atoms with Crippen LogP contribution in [0.5, 0.6) is 0 Å². The Labute approximate surface area is 117 Å². The zero-order valence-corrected chi connectivity index (χ0v) is 12.0. The smallest absolute Gasteiger partial charge is 0.288 e. The van der Waals surface area contributed by atoms with Crippen LogP contribution in [0.1, 0.15) is 12.6 Å². The van der Waals surface area contributed by atoms with Crippen LogP contribution in [-0.2, 0) is 13.5 Å². The van der Waals surface area contributed by atoms with E-state index < -0.39 is 4.92 Å². The fourth-order valence-electron chi connectivity index (χ4n) is 1.65. The van der Waals surface area contributed by atoms with Gasteiger partial charge in [0.2, 0.25) is 0 Å². The van der Waals surface area contributed by atoms with Gasteiger partial charge in [0.05, 0.1) is 20.8 Å². The van der Waals surface area contributed by atoms with Crippen molar-refractivity contribution in [3.8, 4) is 0 Å². The average molecular weight is 326 g/mol. The molecule has 1 N–H and O–H groups in total. The standard InChI is InChI=1S/C11H12BrN5O2/c1-3-9-10(6-16(2)15-9)14-11-8(12)4-7(5-13-11)17(18)19/h4-6H,3H2,1-2H3,(H,13,14). The van der Waals surface area contributed by atoms with E-state index in [0.29, 0.717) is 10.3 Å². The molecule has 0 aliphatic heterocycles. The summed E-state index contributed by atoms with van der Waals surface area (Å²) >= 11 is 3.27. The Hall–Kier alpha value is -1.96. The van der Waals surface area contributed by atoms with E-state index in [4.69, 9.17) is 0 Å². The summed E-state index contributed by atoms with van der Waals surface area (Å²) in [4.78, 5) is 14.2. The van der Waals surface area contributed by atoms with Crippen molar-refractivity contribution in [3.63, 3.8) is 0 Å². The van der Waals surface area contributed by atoms with Crippen molar-refractivity contribution in [2.75, 3.05) is 5.32 Å². The monoisotopic (exact) mass is 325 g/mol. The van der Waals surface area contributed by atoms with E-state index >= 15 is 0 Å². The second-order valence-corrected chi connectivity index (χ2v) is 4.78. The fraction of sp³-hybridized carbons (Fsp3) is 0.273. The first kappa shape index (κ1) is 13.5. The molecule has 0 aliphatic carbocycles. The SMILES string of the molecule is CCc1nn(C)cc1Nc1ncc([N+](=O)[O-])cc1Br. The molecule has 2 aromatic rings. The van der Waals surface area contributed by atoms with E-state index in [-0.39, 0.29) is 5.69 Å². The Bertz CT molecular complexity index is 626. The quantitative estimate of drug-likeness (QED) is 0.690. The zero-order valence-electron chi connectivity index (χ0n) is 10.4. The highest BCUT2D eigenvalue weighted by atomic mass is 79.9. The number of nitrogens with zero attached hydrogens (tertiary/aromatic N) is 4. The van der Waals surface area contributed by atoms with Crippen molar-refractivity contribution < 1.29 is 4.92 Å². The first-order chi connectivity index (χ1) is 9.01. The van der Waals surface area contributed by atoms with E-state index in [1.807, 2.05) is 20.2 Å². The minimum atomic E-state index is -0.483. The van der Waals surface area contributed by atoms with Gasteiger partial charge < -0.3 is 5.32 Å². The van der Waals surface area contributed by atoms with Crippen molar-refractivity contribution >= 4 is 33.1 Å². The van der Waals surface area contributed by atoms with Gasteiger partial charge in [-0.15, -0.1) is 0 Å². The molecule has 0 aromatic carbocycles. The van der Waals surface area contributed by atoms with Crippen LogP contribution in [0.15, 0.2) is 22.9 Å². The number of nitrogens with one attached hydrogen (secondary N) is 1. The molecule has 0 radical (unpaired) electrons. The van der Waals surface area contributed by atoms with Crippen molar-refractivity contribution in [1.29, 1.82) is 0 Å². The van der Waals surface area contributed by atoms with Gasteiger partial charge >= 0.3 is 0 Å². The molecule has 0 amide bonds. The third kappa shape index (κ3) is 2.90. The van der Waals surface area contributed by atoms with Gasteiger partial charge in [-0.25, -0.2) is 4.98 Å². The summed E-state index contributed by atoms with van der Waals surface area (Å²) in [5.41, 5.74) is 1.70. The molecule has 0 atom stereocenters. The predicted octanol–water partition coefficient (Wildman–Crippen LogP) is 2.79. The molecular weight excluding hydrogens is 314 g/mol. The van der Waals surface area contributed by atoms with Gasteiger partial charge in [-0.1, -0.05) is 6.92 Å². The topological polar surface area (TPSA) is 85.9 Å². The summed E-state index contributed by atoms with van der Waals surface area (Å²) in [5.74, 6) is 0.522. The number of hydrogen-bond acceptors (Lipinski definition) is 5. The molecule has 7 nitrogen and oxygen atoms in total. The normalized spacial score (nSPS) is 10.5. The maximum Gasteiger partial charge on any atom is 0.288 e. The lowest BCUT2D eigenvalue weighted by atomic mass is 10.3. The second kappa shape index (κ2) is 5.35. The average Bonchev–Trinajstić information content (AvgIpc) is 2.71. The largest absolute Gasteiger partial charge is 0.336 e. The fourth-order valence-corrected chi connectivity index (χ4v) is 2.08. The van der Waals surface area contributed by atoms with Crippen LogP contribution in [0.2, 0.25) is 0 Å². The third-order valence-electron chi connectivity index (χ3n) is 2.53. The van der Waals surface area contributed by atoms with Gasteiger partial charge in [-0.3, -0.25) is 14.8 Å². The van der Waals surface area contributed by atoms with Crippen LogP contribution in [0.3, 0.4) is 0 Å². The lowest BCUT2D eigenvalue weighted by Crippen LogP contribution is -1.98. The van der Waals surface area contributed by atoms with Crippen LogP contribution < -0.4 is 5.32 Å². The molecule has 2 rings (SSSR count). The van der Waals surface area contributed by atoms with Crippen molar-refractivity contribution in [2.45, 2.75) is 13.3 Å². The van der Waals surface area contributed by atoms with E-state index in [0.717, 1.165) is 17.8 Å². The molecule has 8 heteroatoms. The summed E-state index contributed by atoms with van der Waals surface area (Å²) in [5, 5.41) is 18.1. The zero-order chi connectivity index (χ0) is 14.0. The Balaban J connectivity index is 2.30. The molecule has 0 aliphatic rings. The first-order valence-electron chi connectivity index (χ1n) is 5.60. The highest BCUT2D eigenvalue weighted by molar-refractivity contribution is 9.10. The lowest BCUT2D eigenvalue weighted by Gasteiger charge is -2.06. The van der Waals surface area contributed by atoms with Crippen LogP contribution in [0, 0.1) is 10.1 Å². The second-order valence-electron chi connectivity index (χ2n) is 3.92. The van der Waals surface area contributed by atoms with Crippen LogP contribution in [0.25, 0.3) is 0 Å². The summed E-state index contributed by atoms with van der Waals surface area (Å²) in [6.45, 7) is 2.01. The number of aryl methyl sites for hydroxylation is 2. The number of anilines is 2. The van der Waals surface area contributed by atoms with Gasteiger partial charge in [-0.2, -0.15) is 5.10 Å². The van der Waals surface area contributed by atoms with Crippen molar-refractivity contribution in [3.05, 3.63) is 38.7 Å². The number of hydrogen-bond donors (Lipinski definition) is 1. The minimum absolute atomic E-state index is 0.0562. The Morgan fingerprint density at radius 1 is 1.58 bits per heavy atom. The summed E-state index contributed by atoms with van der Waals surface area (Å²) in [6, 6.07) is 1.41. The van der Waals surface area contributed by atoms with Gasteiger partial charge in [0, 0.05) is 19.3 Å². The Kier molecular flexibility index (Phi) is 3.79. The molecular formula is C11H12BrN5O2. The van der Waals surface area contributed by atoms with E-state index in [9.17, 15) is 10.1 Å². The molecule has 0 bridgehead atoms. The Morgan fingerprint density at radius 2 is 2.32 bits per heavy atom. The maximum absolute atomic E-state index is 10.6. The minimum Gasteiger partial charge on any atom is -0.336 e. The number of halogens is 1. The molecule has 0 saturated heterocycles. The van der Waals surface area contributed by atoms with Crippen molar-refractivity contribution in [1.82, 2.24) is 14.8 Å². The molecule has 0 spiro atoms. The Morgan fingerprint density at radius 3 is 2.89 bits per heavy atom. The summed E-state index contributed by atoms with van der Waals surface area (Å²) in [6.07, 6.45) is 3.84. The van der Waals surface area contributed by atoms with Crippen molar-refractivity contribution in [2.24, 2.45) is 7.05 Å². The molecule has 0 unspecified atom stereocenters. The molecule has 19 heavy (non-hydrogen) atoms. The number of aromatic nitrogens is 3. The molecule has 2 aromatic heterocycles. The van der Waals surface area contributed by atoms with Crippen LogP contribution >= 0.6 is 15.9 Å². The highest BCUT2D eigenvalue weighted by Crippen LogP contribution is 2.28. The third-order valence-corrected chi connectivity index (χ3v) is 3.14. The number of nitro groups is 1. The van der Waals surface area contributed by atoms with E-state index in [1.54, 1.807) is 4.68 Å². The summed E-state index contributed by atoms with van der Waals surface area (Å²) < 4.78 is 2.24. The molecule has 100 valence electrons. The van der Waals surface area contributed by atoms with Gasteiger partial charge in [-0.05, 0) is 22.4 Å². The number of pyridine rings is 1. The number of rotatable bonds is 4. The summed E-state index contributed by atoms with van der Waals surface area (Å²) in [7, 11) is 1.84. The maximum atomic E-state index is 10.6. The van der Waals surface area contributed by atoms with Crippen LogP contribution in [0.4, 0.5) is 17.2 Å².